The molecule has 2 aromatic rings. The summed E-state index contributed by atoms with van der Waals surface area (Å²) < 4.78 is 38.7. The van der Waals surface area contributed by atoms with E-state index in [4.69, 9.17) is 9.47 Å². The van der Waals surface area contributed by atoms with E-state index in [9.17, 15) is 18.0 Å². The molecule has 30 heavy (non-hydrogen) atoms. The van der Waals surface area contributed by atoms with Crippen LogP contribution in [0.4, 0.5) is 11.4 Å². The first-order chi connectivity index (χ1) is 14.4. The van der Waals surface area contributed by atoms with Crippen molar-refractivity contribution in [2.75, 3.05) is 29.8 Å². The zero-order valence-electron chi connectivity index (χ0n) is 16.0. The third-order valence-electron chi connectivity index (χ3n) is 4.85. The van der Waals surface area contributed by atoms with Crippen LogP contribution in [0.3, 0.4) is 0 Å². The number of benzene rings is 2. The Morgan fingerprint density at radius 3 is 2.43 bits per heavy atom. The van der Waals surface area contributed by atoms with E-state index in [1.807, 2.05) is 0 Å². The van der Waals surface area contributed by atoms with Gasteiger partial charge in [-0.05, 0) is 42.8 Å². The van der Waals surface area contributed by atoms with Crippen LogP contribution < -0.4 is 24.8 Å². The molecule has 2 heterocycles. The summed E-state index contributed by atoms with van der Waals surface area (Å²) in [6.45, 7) is 1.27. The summed E-state index contributed by atoms with van der Waals surface area (Å²) in [7, 11) is -3.82. The molecule has 2 amide bonds. The molecular weight excluding hydrogens is 410 g/mol. The number of piperidine rings is 1. The van der Waals surface area contributed by atoms with Crippen molar-refractivity contribution < 1.29 is 27.5 Å². The number of amides is 2. The molecule has 2 aliphatic heterocycles. The number of carbonyl (C=O) groups is 2. The first kappa shape index (κ1) is 20.0. The fourth-order valence-corrected chi connectivity index (χ4v) is 4.35. The van der Waals surface area contributed by atoms with Gasteiger partial charge in [0.1, 0.15) is 13.2 Å². The van der Waals surface area contributed by atoms with Gasteiger partial charge in [-0.15, -0.1) is 0 Å². The zero-order valence-corrected chi connectivity index (χ0v) is 16.8. The lowest BCUT2D eigenvalue weighted by Gasteiger charge is -2.21. The standard InChI is InChI=1S/C20H21N3O6S/c24-19-11-13(7-8-21-19)20(25)22-14-1-3-15(4-2-14)23-30(26,27)16-5-6-17-18(12-16)29-10-9-28-17/h1-6,12-13,23H,7-11H2,(H,21,24)(H,22,25)/t13-/m0/s1. The number of nitrogens with one attached hydrogen (secondary N) is 3. The Bertz CT molecular complexity index is 1070. The van der Waals surface area contributed by atoms with Crippen LogP contribution in [0.2, 0.25) is 0 Å². The third kappa shape index (κ3) is 4.48. The molecule has 9 nitrogen and oxygen atoms in total. The molecular formula is C20H21N3O6S. The van der Waals surface area contributed by atoms with Crippen LogP contribution in [0.25, 0.3) is 0 Å². The summed E-state index contributed by atoms with van der Waals surface area (Å²) in [5.41, 5.74) is 0.869. The SMILES string of the molecule is O=C1C[C@@H](C(=O)Nc2ccc(NS(=O)(=O)c3ccc4c(c3)OCCO4)cc2)CCN1. The van der Waals surface area contributed by atoms with Gasteiger partial charge in [-0.1, -0.05) is 0 Å². The largest absolute Gasteiger partial charge is 0.486 e. The minimum absolute atomic E-state index is 0.0553. The quantitative estimate of drug-likeness (QED) is 0.663. The van der Waals surface area contributed by atoms with Crippen molar-refractivity contribution in [1.82, 2.24) is 5.32 Å². The topological polar surface area (TPSA) is 123 Å². The molecule has 4 rings (SSSR count). The molecule has 0 bridgehead atoms. The predicted octanol–water partition coefficient (Wildman–Crippen LogP) is 1.72. The maximum absolute atomic E-state index is 12.7. The summed E-state index contributed by atoms with van der Waals surface area (Å²) in [5, 5.41) is 5.45. The molecule has 0 unspecified atom stereocenters. The maximum atomic E-state index is 12.7. The number of carbonyl (C=O) groups excluding carboxylic acids is 2. The van der Waals surface area contributed by atoms with Crippen molar-refractivity contribution in [2.45, 2.75) is 17.7 Å². The van der Waals surface area contributed by atoms with Crippen LogP contribution >= 0.6 is 0 Å². The molecule has 1 fully saturated rings. The van der Waals surface area contributed by atoms with Gasteiger partial charge in [0.15, 0.2) is 11.5 Å². The number of hydrogen-bond acceptors (Lipinski definition) is 6. The molecule has 0 radical (unpaired) electrons. The fraction of sp³-hybridized carbons (Fsp3) is 0.300. The highest BCUT2D eigenvalue weighted by Gasteiger charge is 2.25. The molecule has 0 aliphatic carbocycles. The van der Waals surface area contributed by atoms with E-state index in [1.54, 1.807) is 30.3 Å². The summed E-state index contributed by atoms with van der Waals surface area (Å²) in [5.74, 6) is 0.168. The van der Waals surface area contributed by atoms with Gasteiger partial charge < -0.3 is 20.1 Å². The number of sulfonamides is 1. The highest BCUT2D eigenvalue weighted by molar-refractivity contribution is 7.92. The summed E-state index contributed by atoms with van der Waals surface area (Å²) in [6.07, 6.45) is 0.754. The Morgan fingerprint density at radius 2 is 1.70 bits per heavy atom. The minimum Gasteiger partial charge on any atom is -0.486 e. The monoisotopic (exact) mass is 431 g/mol. The number of rotatable bonds is 5. The Labute approximate surface area is 173 Å². The van der Waals surface area contributed by atoms with E-state index in [2.05, 4.69) is 15.4 Å². The Kier molecular flexibility index (Phi) is 5.49. The average molecular weight is 431 g/mol. The molecule has 158 valence electrons. The van der Waals surface area contributed by atoms with E-state index in [0.29, 0.717) is 49.1 Å². The molecule has 0 saturated carbocycles. The summed E-state index contributed by atoms with van der Waals surface area (Å²) in [6, 6.07) is 10.7. The smallest absolute Gasteiger partial charge is 0.262 e. The normalized spacial score (nSPS) is 18.3. The Hall–Kier alpha value is -3.27. The first-order valence-corrected chi connectivity index (χ1v) is 11.0. The fourth-order valence-electron chi connectivity index (χ4n) is 3.28. The number of ether oxygens (including phenoxy) is 2. The van der Waals surface area contributed by atoms with E-state index in [1.165, 1.54) is 12.1 Å². The lowest BCUT2D eigenvalue weighted by atomic mass is 9.96. The van der Waals surface area contributed by atoms with Crippen LogP contribution in [-0.2, 0) is 19.6 Å². The summed E-state index contributed by atoms with van der Waals surface area (Å²) >= 11 is 0. The van der Waals surface area contributed by atoms with E-state index < -0.39 is 10.0 Å². The van der Waals surface area contributed by atoms with Crippen molar-refractivity contribution in [3.8, 4) is 11.5 Å². The Morgan fingerprint density at radius 1 is 1.00 bits per heavy atom. The second-order valence-corrected chi connectivity index (χ2v) is 8.70. The van der Waals surface area contributed by atoms with Gasteiger partial charge in [-0.3, -0.25) is 14.3 Å². The average Bonchev–Trinajstić information content (AvgIpc) is 2.74. The van der Waals surface area contributed by atoms with Crippen LogP contribution in [0.15, 0.2) is 47.4 Å². The second kappa shape index (κ2) is 8.23. The van der Waals surface area contributed by atoms with Crippen LogP contribution in [0.5, 0.6) is 11.5 Å². The van der Waals surface area contributed by atoms with Crippen molar-refractivity contribution in [3.63, 3.8) is 0 Å². The highest BCUT2D eigenvalue weighted by atomic mass is 32.2. The molecule has 3 N–H and O–H groups in total. The summed E-state index contributed by atoms with van der Waals surface area (Å²) in [4.78, 5) is 23.8. The molecule has 1 atom stereocenters. The lowest BCUT2D eigenvalue weighted by molar-refractivity contribution is -0.129. The van der Waals surface area contributed by atoms with Crippen molar-refractivity contribution >= 4 is 33.2 Å². The predicted molar refractivity (Wildman–Crippen MR) is 109 cm³/mol. The van der Waals surface area contributed by atoms with Crippen molar-refractivity contribution in [3.05, 3.63) is 42.5 Å². The molecule has 0 spiro atoms. The van der Waals surface area contributed by atoms with Gasteiger partial charge in [-0.2, -0.15) is 0 Å². The van der Waals surface area contributed by atoms with Gasteiger partial charge in [0.25, 0.3) is 10.0 Å². The van der Waals surface area contributed by atoms with E-state index in [-0.39, 0.29) is 29.0 Å². The number of fused-ring (bicyclic) bond motifs is 1. The van der Waals surface area contributed by atoms with Crippen LogP contribution in [-0.4, -0.2) is 40.0 Å². The molecule has 1 saturated heterocycles. The van der Waals surface area contributed by atoms with Crippen LogP contribution in [0, 0.1) is 5.92 Å². The van der Waals surface area contributed by atoms with E-state index in [0.717, 1.165) is 0 Å². The van der Waals surface area contributed by atoms with Crippen LogP contribution in [0.1, 0.15) is 12.8 Å². The zero-order chi connectivity index (χ0) is 21.1. The van der Waals surface area contributed by atoms with Crippen molar-refractivity contribution in [2.24, 2.45) is 5.92 Å². The first-order valence-electron chi connectivity index (χ1n) is 9.51. The van der Waals surface area contributed by atoms with Gasteiger partial charge in [-0.25, -0.2) is 8.42 Å². The van der Waals surface area contributed by atoms with Gasteiger partial charge in [0.05, 0.1) is 4.90 Å². The molecule has 10 heteroatoms. The lowest BCUT2D eigenvalue weighted by Crippen LogP contribution is -2.38. The number of anilines is 2. The highest BCUT2D eigenvalue weighted by Crippen LogP contribution is 2.32. The molecule has 2 aromatic carbocycles. The molecule has 2 aliphatic rings. The van der Waals surface area contributed by atoms with E-state index >= 15 is 0 Å². The van der Waals surface area contributed by atoms with Gasteiger partial charge >= 0.3 is 0 Å². The molecule has 0 aromatic heterocycles. The third-order valence-corrected chi connectivity index (χ3v) is 6.23. The second-order valence-electron chi connectivity index (χ2n) is 7.02. The van der Waals surface area contributed by atoms with Gasteiger partial charge in [0.2, 0.25) is 11.8 Å². The Balaban J connectivity index is 1.41. The van der Waals surface area contributed by atoms with Crippen molar-refractivity contribution in [1.29, 1.82) is 0 Å². The maximum Gasteiger partial charge on any atom is 0.262 e. The minimum atomic E-state index is -3.82. The number of hydrogen-bond donors (Lipinski definition) is 3. The van der Waals surface area contributed by atoms with Gasteiger partial charge in [0, 0.05) is 36.3 Å².